The molecule has 0 bridgehead atoms. The molecule has 110 valence electrons. The maximum atomic E-state index is 5.26. The summed E-state index contributed by atoms with van der Waals surface area (Å²) in [6.07, 6.45) is 5.87. The van der Waals surface area contributed by atoms with Gasteiger partial charge in [0.1, 0.15) is 17.0 Å². The molecular weight excluding hydrogens is 316 g/mol. The summed E-state index contributed by atoms with van der Waals surface area (Å²) in [5.74, 6) is 0.668. The normalized spacial score (nSPS) is 14.0. The fourth-order valence-electron chi connectivity index (χ4n) is 1.99. The molecule has 8 heteroatoms. The van der Waals surface area contributed by atoms with Crippen LogP contribution >= 0.6 is 23.6 Å². The third kappa shape index (κ3) is 2.88. The molecular formula is C14H12N6S2. The van der Waals surface area contributed by atoms with Gasteiger partial charge in [0.15, 0.2) is 10.8 Å². The monoisotopic (exact) mass is 328 g/mol. The van der Waals surface area contributed by atoms with E-state index in [1.54, 1.807) is 17.9 Å². The van der Waals surface area contributed by atoms with Crippen LogP contribution in [0.25, 0.3) is 21.7 Å². The van der Waals surface area contributed by atoms with E-state index in [1.807, 2.05) is 12.1 Å². The molecule has 3 aromatic heterocycles. The summed E-state index contributed by atoms with van der Waals surface area (Å²) in [4.78, 5) is 18.5. The molecule has 0 radical (unpaired) electrons. The van der Waals surface area contributed by atoms with Crippen LogP contribution in [0.15, 0.2) is 30.0 Å². The molecule has 0 saturated heterocycles. The Kier molecular flexibility index (Phi) is 3.39. The van der Waals surface area contributed by atoms with Gasteiger partial charge in [-0.2, -0.15) is 0 Å². The van der Waals surface area contributed by atoms with Crippen molar-refractivity contribution in [2.75, 3.05) is 5.32 Å². The van der Waals surface area contributed by atoms with Gasteiger partial charge in [-0.15, -0.1) is 11.3 Å². The van der Waals surface area contributed by atoms with E-state index in [-0.39, 0.29) is 0 Å². The van der Waals surface area contributed by atoms with Gasteiger partial charge in [-0.1, -0.05) is 0 Å². The van der Waals surface area contributed by atoms with Crippen LogP contribution in [0.5, 0.6) is 0 Å². The maximum absolute atomic E-state index is 5.26. The molecule has 1 aliphatic carbocycles. The van der Waals surface area contributed by atoms with Crippen LogP contribution in [0.1, 0.15) is 12.8 Å². The zero-order valence-electron chi connectivity index (χ0n) is 11.5. The highest BCUT2D eigenvalue weighted by molar-refractivity contribution is 7.80. The Balaban J connectivity index is 1.62. The predicted molar refractivity (Wildman–Crippen MR) is 90.8 cm³/mol. The molecule has 3 heterocycles. The van der Waals surface area contributed by atoms with Gasteiger partial charge in [-0.05, 0) is 37.2 Å². The van der Waals surface area contributed by atoms with Crippen LogP contribution in [0, 0.1) is 0 Å². The summed E-state index contributed by atoms with van der Waals surface area (Å²) in [6, 6.07) is 4.25. The first kappa shape index (κ1) is 13.5. The van der Waals surface area contributed by atoms with Crippen molar-refractivity contribution in [2.24, 2.45) is 0 Å². The van der Waals surface area contributed by atoms with Crippen LogP contribution in [-0.4, -0.2) is 31.1 Å². The highest BCUT2D eigenvalue weighted by Gasteiger charge is 2.21. The SMILES string of the molecule is S=C(Nc1ccc2ncc(-c3cncs3)nc2n1)NC1CC1. The van der Waals surface area contributed by atoms with Gasteiger partial charge < -0.3 is 10.6 Å². The van der Waals surface area contributed by atoms with Gasteiger partial charge in [0.05, 0.1) is 16.6 Å². The molecule has 2 N–H and O–H groups in total. The fraction of sp³-hybridized carbons (Fsp3) is 0.214. The van der Waals surface area contributed by atoms with Gasteiger partial charge in [-0.3, -0.25) is 9.97 Å². The molecule has 1 aliphatic rings. The summed E-state index contributed by atoms with van der Waals surface area (Å²) < 4.78 is 0. The molecule has 6 nitrogen and oxygen atoms in total. The van der Waals surface area contributed by atoms with Gasteiger partial charge in [0.2, 0.25) is 0 Å². The molecule has 1 fully saturated rings. The number of rotatable bonds is 3. The Morgan fingerprint density at radius 1 is 1.23 bits per heavy atom. The summed E-state index contributed by atoms with van der Waals surface area (Å²) >= 11 is 6.79. The highest BCUT2D eigenvalue weighted by Crippen LogP contribution is 2.22. The molecule has 22 heavy (non-hydrogen) atoms. The molecule has 1 saturated carbocycles. The van der Waals surface area contributed by atoms with Gasteiger partial charge in [-0.25, -0.2) is 9.97 Å². The number of nitrogens with one attached hydrogen (secondary N) is 2. The first-order chi connectivity index (χ1) is 10.8. The number of hydrogen-bond acceptors (Lipinski definition) is 6. The number of thiocarbonyl (C=S) groups is 1. The molecule has 0 amide bonds. The second-order valence-electron chi connectivity index (χ2n) is 5.03. The third-order valence-corrected chi connectivity index (χ3v) is 4.26. The third-order valence-electron chi connectivity index (χ3n) is 3.25. The van der Waals surface area contributed by atoms with Crippen molar-refractivity contribution >= 4 is 45.6 Å². The van der Waals surface area contributed by atoms with E-state index in [9.17, 15) is 0 Å². The minimum Gasteiger partial charge on any atom is -0.360 e. The van der Waals surface area contributed by atoms with E-state index >= 15 is 0 Å². The van der Waals surface area contributed by atoms with Gasteiger partial charge in [0, 0.05) is 12.2 Å². The average Bonchev–Trinajstić information content (AvgIpc) is 3.16. The lowest BCUT2D eigenvalue weighted by molar-refractivity contribution is 0.918. The van der Waals surface area contributed by atoms with Gasteiger partial charge >= 0.3 is 0 Å². The number of fused-ring (bicyclic) bond motifs is 1. The lowest BCUT2D eigenvalue weighted by Crippen LogP contribution is -2.30. The number of aromatic nitrogens is 4. The van der Waals surface area contributed by atoms with Crippen molar-refractivity contribution < 1.29 is 0 Å². The van der Waals surface area contributed by atoms with Crippen molar-refractivity contribution in [1.29, 1.82) is 0 Å². The summed E-state index contributed by atoms with van der Waals surface area (Å²) in [5.41, 5.74) is 3.89. The lowest BCUT2D eigenvalue weighted by atomic mass is 10.3. The Labute approximate surface area is 136 Å². The molecule has 0 atom stereocenters. The van der Waals surface area contributed by atoms with E-state index < -0.39 is 0 Å². The van der Waals surface area contributed by atoms with Crippen molar-refractivity contribution in [3.05, 3.63) is 30.0 Å². The first-order valence-electron chi connectivity index (χ1n) is 6.88. The lowest BCUT2D eigenvalue weighted by Gasteiger charge is -2.09. The second-order valence-corrected chi connectivity index (χ2v) is 6.33. The molecule has 0 aromatic carbocycles. The molecule has 0 unspecified atom stereocenters. The fourth-order valence-corrected chi connectivity index (χ4v) is 2.84. The second kappa shape index (κ2) is 5.54. The largest absolute Gasteiger partial charge is 0.360 e. The quantitative estimate of drug-likeness (QED) is 0.716. The Morgan fingerprint density at radius 3 is 2.91 bits per heavy atom. The van der Waals surface area contributed by atoms with E-state index in [1.165, 1.54) is 24.2 Å². The van der Waals surface area contributed by atoms with Crippen LogP contribution in [0.4, 0.5) is 5.82 Å². The summed E-state index contributed by atoms with van der Waals surface area (Å²) in [6.45, 7) is 0. The zero-order valence-corrected chi connectivity index (χ0v) is 13.1. The summed E-state index contributed by atoms with van der Waals surface area (Å²) in [7, 11) is 0. The standard InChI is InChI=1S/C14H12N6S2/c21-14(17-8-1-2-8)20-12-4-3-9-13(19-12)18-10(5-16-9)11-6-15-7-22-11/h3-8H,1-2H2,(H2,17,18,19,20,21). The van der Waals surface area contributed by atoms with Crippen LogP contribution in [0.3, 0.4) is 0 Å². The number of thiazole rings is 1. The van der Waals surface area contributed by atoms with Crippen LogP contribution in [-0.2, 0) is 0 Å². The smallest absolute Gasteiger partial charge is 0.180 e. The average molecular weight is 328 g/mol. The number of anilines is 1. The number of pyridine rings is 1. The molecule has 4 rings (SSSR count). The molecule has 3 aromatic rings. The van der Waals surface area contributed by atoms with Gasteiger partial charge in [0.25, 0.3) is 0 Å². The van der Waals surface area contributed by atoms with Crippen molar-refractivity contribution in [3.8, 4) is 10.6 Å². The maximum Gasteiger partial charge on any atom is 0.180 e. The predicted octanol–water partition coefficient (Wildman–Crippen LogP) is 2.60. The van der Waals surface area contributed by atoms with Crippen LogP contribution in [0.2, 0.25) is 0 Å². The van der Waals surface area contributed by atoms with E-state index in [0.29, 0.717) is 22.6 Å². The minimum absolute atomic E-state index is 0.512. The van der Waals surface area contributed by atoms with Crippen LogP contribution < -0.4 is 10.6 Å². The van der Waals surface area contributed by atoms with Crippen molar-refractivity contribution in [3.63, 3.8) is 0 Å². The Morgan fingerprint density at radius 2 is 2.14 bits per heavy atom. The van der Waals surface area contributed by atoms with E-state index in [0.717, 1.165) is 16.1 Å². The topological polar surface area (TPSA) is 75.6 Å². The Hall–Kier alpha value is -2.19. The first-order valence-corrected chi connectivity index (χ1v) is 8.17. The number of hydrogen-bond donors (Lipinski definition) is 2. The van der Waals surface area contributed by atoms with Crippen molar-refractivity contribution in [1.82, 2.24) is 25.3 Å². The Bertz CT molecular complexity index is 828. The molecule has 0 aliphatic heterocycles. The zero-order chi connectivity index (χ0) is 14.9. The number of nitrogens with zero attached hydrogens (tertiary/aromatic N) is 4. The summed E-state index contributed by atoms with van der Waals surface area (Å²) in [5, 5.41) is 6.91. The van der Waals surface area contributed by atoms with Crippen molar-refractivity contribution in [2.45, 2.75) is 18.9 Å². The highest BCUT2D eigenvalue weighted by atomic mass is 32.1. The minimum atomic E-state index is 0.512. The van der Waals surface area contributed by atoms with E-state index in [2.05, 4.69) is 30.6 Å². The van der Waals surface area contributed by atoms with E-state index in [4.69, 9.17) is 12.2 Å². The molecule has 0 spiro atoms.